The van der Waals surface area contributed by atoms with E-state index in [4.69, 9.17) is 9.47 Å². The molecule has 0 saturated carbocycles. The quantitative estimate of drug-likeness (QED) is 0.317. The summed E-state index contributed by atoms with van der Waals surface area (Å²) in [5.74, 6) is 1.64. The molecule has 1 aliphatic heterocycles. The Balaban J connectivity index is 1.16. The minimum absolute atomic E-state index is 0.282. The topological polar surface area (TPSA) is 54.0 Å². The van der Waals surface area contributed by atoms with Gasteiger partial charge in [-0.15, -0.1) is 0 Å². The fourth-order valence-electron chi connectivity index (χ4n) is 5.40. The molecule has 3 aromatic rings. The highest BCUT2D eigenvalue weighted by Gasteiger charge is 2.23. The van der Waals surface area contributed by atoms with Gasteiger partial charge in [0.05, 0.1) is 7.11 Å². The summed E-state index contributed by atoms with van der Waals surface area (Å²) in [7, 11) is 1.69. The van der Waals surface area contributed by atoms with E-state index in [1.54, 1.807) is 25.3 Å². The molecular weight excluding hydrogens is 467 g/mol. The van der Waals surface area contributed by atoms with Crippen LogP contribution in [0.25, 0.3) is 0 Å². The SMILES string of the molecule is COc1ccc([C@H]2CCc3cc(O)ccc3C2)c(NCCCc2ccc(OCCN3CCC3)c(F)c2)c1. The number of hydrogen-bond donors (Lipinski definition) is 2. The van der Waals surface area contributed by atoms with Gasteiger partial charge in [0, 0.05) is 24.8 Å². The molecule has 0 spiro atoms. The summed E-state index contributed by atoms with van der Waals surface area (Å²) in [6, 6.07) is 17.3. The zero-order valence-electron chi connectivity index (χ0n) is 21.6. The van der Waals surface area contributed by atoms with E-state index in [-0.39, 0.29) is 5.82 Å². The number of nitrogens with one attached hydrogen (secondary N) is 1. The molecule has 5 nitrogen and oxygen atoms in total. The van der Waals surface area contributed by atoms with E-state index in [9.17, 15) is 9.50 Å². The number of phenols is 1. The first kappa shape index (κ1) is 25.4. The predicted molar refractivity (Wildman–Crippen MR) is 146 cm³/mol. The molecule has 1 aliphatic carbocycles. The van der Waals surface area contributed by atoms with Crippen molar-refractivity contribution in [1.29, 1.82) is 0 Å². The highest BCUT2D eigenvalue weighted by molar-refractivity contribution is 5.57. The van der Waals surface area contributed by atoms with Gasteiger partial charge in [-0.2, -0.15) is 0 Å². The Labute approximate surface area is 219 Å². The first-order valence-electron chi connectivity index (χ1n) is 13.4. The second-order valence-electron chi connectivity index (χ2n) is 10.2. The average molecular weight is 505 g/mol. The van der Waals surface area contributed by atoms with Crippen molar-refractivity contribution in [3.63, 3.8) is 0 Å². The summed E-state index contributed by atoms with van der Waals surface area (Å²) in [4.78, 5) is 2.31. The van der Waals surface area contributed by atoms with Crippen molar-refractivity contribution in [2.24, 2.45) is 0 Å². The zero-order chi connectivity index (χ0) is 25.6. The van der Waals surface area contributed by atoms with Crippen LogP contribution in [0.5, 0.6) is 17.2 Å². The molecule has 5 rings (SSSR count). The molecule has 37 heavy (non-hydrogen) atoms. The molecule has 0 unspecified atom stereocenters. The van der Waals surface area contributed by atoms with Crippen molar-refractivity contribution in [2.45, 2.75) is 44.4 Å². The summed E-state index contributed by atoms with van der Waals surface area (Å²) in [5.41, 5.74) is 5.94. The summed E-state index contributed by atoms with van der Waals surface area (Å²) < 4.78 is 25.7. The Morgan fingerprint density at radius 1 is 1.05 bits per heavy atom. The van der Waals surface area contributed by atoms with Crippen LogP contribution in [-0.2, 0) is 19.3 Å². The monoisotopic (exact) mass is 504 g/mol. The van der Waals surface area contributed by atoms with Crippen molar-refractivity contribution >= 4 is 5.69 Å². The Morgan fingerprint density at radius 3 is 2.73 bits per heavy atom. The van der Waals surface area contributed by atoms with Crippen LogP contribution in [0.3, 0.4) is 0 Å². The molecule has 1 fully saturated rings. The van der Waals surface area contributed by atoms with Gasteiger partial charge in [-0.25, -0.2) is 4.39 Å². The lowest BCUT2D eigenvalue weighted by atomic mass is 9.79. The predicted octanol–water partition coefficient (Wildman–Crippen LogP) is 5.94. The fourth-order valence-corrected chi connectivity index (χ4v) is 5.40. The van der Waals surface area contributed by atoms with Crippen molar-refractivity contribution < 1.29 is 19.0 Å². The van der Waals surface area contributed by atoms with Crippen LogP contribution >= 0.6 is 0 Å². The highest BCUT2D eigenvalue weighted by Crippen LogP contribution is 2.38. The molecular formula is C31H37FN2O3. The first-order chi connectivity index (χ1) is 18.1. The summed E-state index contributed by atoms with van der Waals surface area (Å²) in [6.07, 6.45) is 5.89. The lowest BCUT2D eigenvalue weighted by Crippen LogP contribution is -2.39. The standard InChI is InChI=1S/C31H37FN2O3/c1-36-27-10-11-28(25-7-6-24-20-26(35)9-8-23(24)19-25)30(21-27)33-13-2-4-22-5-12-31(29(32)18-22)37-17-16-34-14-3-15-34/h5,8-12,18,20-21,25,33,35H,2-4,6-7,13-17,19H2,1H3/t25-/m0/s1. The van der Waals surface area contributed by atoms with Gasteiger partial charge in [0.1, 0.15) is 18.1 Å². The van der Waals surface area contributed by atoms with E-state index in [1.807, 2.05) is 18.2 Å². The first-order valence-corrected chi connectivity index (χ1v) is 13.4. The molecule has 196 valence electrons. The third kappa shape index (κ3) is 6.37. The minimum atomic E-state index is -0.282. The van der Waals surface area contributed by atoms with Gasteiger partial charge in [-0.1, -0.05) is 18.2 Å². The van der Waals surface area contributed by atoms with Gasteiger partial charge in [0.25, 0.3) is 0 Å². The minimum Gasteiger partial charge on any atom is -0.508 e. The van der Waals surface area contributed by atoms with Crippen LogP contribution < -0.4 is 14.8 Å². The number of nitrogens with zero attached hydrogens (tertiary/aromatic N) is 1. The Kier molecular flexibility index (Phi) is 8.15. The van der Waals surface area contributed by atoms with E-state index >= 15 is 0 Å². The summed E-state index contributed by atoms with van der Waals surface area (Å²) in [6.45, 7) is 4.41. The number of rotatable bonds is 11. The van der Waals surface area contributed by atoms with Crippen LogP contribution in [0.15, 0.2) is 54.6 Å². The maximum absolute atomic E-state index is 14.5. The molecule has 6 heteroatoms. The van der Waals surface area contributed by atoms with Gasteiger partial charge < -0.3 is 19.9 Å². The number of benzene rings is 3. The van der Waals surface area contributed by atoms with Gasteiger partial charge in [-0.05, 0) is 110 Å². The van der Waals surface area contributed by atoms with Crippen molar-refractivity contribution in [3.05, 3.63) is 82.7 Å². The van der Waals surface area contributed by atoms with E-state index in [2.05, 4.69) is 28.4 Å². The molecule has 3 aromatic carbocycles. The number of anilines is 1. The number of likely N-dealkylation sites (tertiary alicyclic amines) is 1. The van der Waals surface area contributed by atoms with Gasteiger partial charge in [0.15, 0.2) is 11.6 Å². The Bertz CT molecular complexity index is 1210. The van der Waals surface area contributed by atoms with E-state index < -0.39 is 0 Å². The second-order valence-corrected chi connectivity index (χ2v) is 10.2. The third-order valence-corrected chi connectivity index (χ3v) is 7.69. The molecule has 0 aromatic heterocycles. The van der Waals surface area contributed by atoms with Gasteiger partial charge in [-0.3, -0.25) is 4.90 Å². The number of ether oxygens (including phenoxy) is 2. The van der Waals surface area contributed by atoms with Crippen LogP contribution in [0.1, 0.15) is 47.4 Å². The largest absolute Gasteiger partial charge is 0.508 e. The number of hydrogen-bond acceptors (Lipinski definition) is 5. The molecule has 1 heterocycles. The summed E-state index contributed by atoms with van der Waals surface area (Å²) >= 11 is 0. The van der Waals surface area contributed by atoms with E-state index in [0.29, 0.717) is 24.0 Å². The fraction of sp³-hybridized carbons (Fsp3) is 0.419. The van der Waals surface area contributed by atoms with Crippen LogP contribution in [-0.4, -0.2) is 49.9 Å². The number of fused-ring (bicyclic) bond motifs is 1. The zero-order valence-corrected chi connectivity index (χ0v) is 21.6. The van der Waals surface area contributed by atoms with E-state index in [0.717, 1.165) is 75.3 Å². The summed E-state index contributed by atoms with van der Waals surface area (Å²) in [5, 5.41) is 13.4. The molecule has 2 N–H and O–H groups in total. The number of aryl methyl sites for hydroxylation is 2. The average Bonchev–Trinajstić information content (AvgIpc) is 2.88. The van der Waals surface area contributed by atoms with Crippen molar-refractivity contribution in [3.8, 4) is 17.2 Å². The number of phenolic OH excluding ortho intramolecular Hbond substituents is 1. The van der Waals surface area contributed by atoms with Crippen LogP contribution in [0, 0.1) is 5.82 Å². The maximum Gasteiger partial charge on any atom is 0.165 e. The molecule has 0 bridgehead atoms. The van der Waals surface area contributed by atoms with Gasteiger partial charge >= 0.3 is 0 Å². The number of halogens is 1. The smallest absolute Gasteiger partial charge is 0.165 e. The lowest BCUT2D eigenvalue weighted by Gasteiger charge is -2.30. The number of aromatic hydroxyl groups is 1. The molecule has 0 amide bonds. The maximum atomic E-state index is 14.5. The molecule has 1 saturated heterocycles. The van der Waals surface area contributed by atoms with Gasteiger partial charge in [0.2, 0.25) is 0 Å². The Morgan fingerprint density at radius 2 is 1.95 bits per heavy atom. The molecule has 2 aliphatic rings. The lowest BCUT2D eigenvalue weighted by molar-refractivity contribution is 0.145. The third-order valence-electron chi connectivity index (χ3n) is 7.69. The van der Waals surface area contributed by atoms with Crippen LogP contribution in [0.2, 0.25) is 0 Å². The normalized spacial score (nSPS) is 17.1. The Hall–Kier alpha value is -3.25. The van der Waals surface area contributed by atoms with Crippen molar-refractivity contribution in [2.75, 3.05) is 45.2 Å². The van der Waals surface area contributed by atoms with E-state index in [1.165, 1.54) is 23.1 Å². The molecule has 0 radical (unpaired) electrons. The van der Waals surface area contributed by atoms with Crippen molar-refractivity contribution in [1.82, 2.24) is 4.90 Å². The molecule has 1 atom stereocenters. The second kappa shape index (κ2) is 11.9. The number of methoxy groups -OCH3 is 1. The van der Waals surface area contributed by atoms with Crippen LogP contribution in [0.4, 0.5) is 10.1 Å². The highest BCUT2D eigenvalue weighted by atomic mass is 19.1.